The summed E-state index contributed by atoms with van der Waals surface area (Å²) in [5.74, 6) is -0.961. The highest BCUT2D eigenvalue weighted by Gasteiger charge is 2.37. The van der Waals surface area contributed by atoms with Gasteiger partial charge in [-0.15, -0.1) is 0 Å². The minimum absolute atomic E-state index is 0.395. The molecule has 118 valence electrons. The first kappa shape index (κ1) is 15.7. The van der Waals surface area contributed by atoms with Gasteiger partial charge in [0.05, 0.1) is 18.3 Å². The number of carbonyl (C=O) groups is 2. The average Bonchev–Trinajstić information content (AvgIpc) is 2.74. The Balaban J connectivity index is 1.79. The highest BCUT2D eigenvalue weighted by molar-refractivity contribution is 6.52. The van der Waals surface area contributed by atoms with Crippen molar-refractivity contribution in [3.8, 4) is 0 Å². The predicted octanol–water partition coefficient (Wildman–Crippen LogP) is 1.85. The van der Waals surface area contributed by atoms with Gasteiger partial charge in [-0.3, -0.25) is 14.5 Å². The van der Waals surface area contributed by atoms with Crippen LogP contribution in [0.5, 0.6) is 0 Å². The summed E-state index contributed by atoms with van der Waals surface area (Å²) in [6.45, 7) is 3.30. The molecule has 0 aromatic heterocycles. The van der Waals surface area contributed by atoms with Crippen molar-refractivity contribution in [2.75, 3.05) is 18.6 Å². The third kappa shape index (κ3) is 3.00. The first-order valence-corrected chi connectivity index (χ1v) is 7.86. The number of nitrogens with one attached hydrogen (secondary N) is 1. The van der Waals surface area contributed by atoms with Crippen LogP contribution in [0.25, 0.3) is 0 Å². The highest BCUT2D eigenvalue weighted by Crippen LogP contribution is 2.30. The SMILES string of the molecule is Cc1ccccc1C[NH+](C)CN1C(=O)C(=O)c2cc(Cl)ccc21. The summed E-state index contributed by atoms with van der Waals surface area (Å²) in [4.78, 5) is 27.0. The number of halogens is 1. The van der Waals surface area contributed by atoms with Crippen molar-refractivity contribution in [2.45, 2.75) is 13.5 Å². The molecule has 0 radical (unpaired) electrons. The summed E-state index contributed by atoms with van der Waals surface area (Å²) in [7, 11) is 2.01. The Labute approximate surface area is 140 Å². The molecule has 1 unspecified atom stereocenters. The first-order chi connectivity index (χ1) is 11.0. The number of benzene rings is 2. The molecule has 1 atom stereocenters. The fraction of sp³-hybridized carbons (Fsp3) is 0.222. The van der Waals surface area contributed by atoms with Crippen LogP contribution in [-0.4, -0.2) is 25.4 Å². The van der Waals surface area contributed by atoms with Gasteiger partial charge in [0.1, 0.15) is 6.54 Å². The Morgan fingerprint density at radius 3 is 2.61 bits per heavy atom. The second-order valence-corrected chi connectivity index (χ2v) is 6.38. The lowest BCUT2D eigenvalue weighted by Gasteiger charge is -2.22. The van der Waals surface area contributed by atoms with Crippen molar-refractivity contribution in [1.29, 1.82) is 0 Å². The Morgan fingerprint density at radius 1 is 1.13 bits per heavy atom. The van der Waals surface area contributed by atoms with Gasteiger partial charge in [0.15, 0.2) is 6.67 Å². The number of hydrogen-bond acceptors (Lipinski definition) is 2. The largest absolute Gasteiger partial charge is 0.316 e. The summed E-state index contributed by atoms with van der Waals surface area (Å²) in [6, 6.07) is 13.2. The number of carbonyl (C=O) groups excluding carboxylic acids is 2. The normalized spacial score (nSPS) is 15.0. The van der Waals surface area contributed by atoms with Crippen molar-refractivity contribution in [3.63, 3.8) is 0 Å². The molecule has 0 spiro atoms. The molecule has 2 aromatic carbocycles. The molecule has 3 rings (SSSR count). The van der Waals surface area contributed by atoms with E-state index in [2.05, 4.69) is 19.1 Å². The van der Waals surface area contributed by atoms with Gasteiger partial charge in [-0.25, -0.2) is 0 Å². The summed E-state index contributed by atoms with van der Waals surface area (Å²) in [5.41, 5.74) is 3.50. The molecule has 0 saturated heterocycles. The van der Waals surface area contributed by atoms with Crippen LogP contribution < -0.4 is 9.80 Å². The van der Waals surface area contributed by atoms with Crippen molar-refractivity contribution in [1.82, 2.24) is 0 Å². The molecule has 4 nitrogen and oxygen atoms in total. The number of amides is 1. The second-order valence-electron chi connectivity index (χ2n) is 5.94. The zero-order chi connectivity index (χ0) is 16.6. The molecule has 0 bridgehead atoms. The van der Waals surface area contributed by atoms with Gasteiger partial charge in [0.25, 0.3) is 5.78 Å². The lowest BCUT2D eigenvalue weighted by molar-refractivity contribution is -0.892. The molecule has 1 aliphatic rings. The molecule has 2 aromatic rings. The number of aryl methyl sites for hydroxylation is 1. The van der Waals surface area contributed by atoms with Gasteiger partial charge < -0.3 is 4.90 Å². The van der Waals surface area contributed by atoms with E-state index in [1.165, 1.54) is 11.1 Å². The van der Waals surface area contributed by atoms with Crippen LogP contribution >= 0.6 is 11.6 Å². The van der Waals surface area contributed by atoms with E-state index in [1.807, 2.05) is 19.2 Å². The minimum atomic E-state index is -0.480. The topological polar surface area (TPSA) is 41.8 Å². The van der Waals surface area contributed by atoms with Crippen molar-refractivity contribution >= 4 is 29.0 Å². The molecule has 0 aliphatic carbocycles. The quantitative estimate of drug-likeness (QED) is 0.870. The zero-order valence-corrected chi connectivity index (χ0v) is 13.9. The molecular formula is C18H18ClN2O2+. The molecule has 23 heavy (non-hydrogen) atoms. The van der Waals surface area contributed by atoms with Crippen LogP contribution in [0.4, 0.5) is 5.69 Å². The van der Waals surface area contributed by atoms with Gasteiger partial charge in [-0.05, 0) is 30.7 Å². The molecule has 1 aliphatic heterocycles. The van der Waals surface area contributed by atoms with Crippen molar-refractivity contribution in [2.24, 2.45) is 0 Å². The Kier molecular flexibility index (Phi) is 4.20. The van der Waals surface area contributed by atoms with Crippen LogP contribution in [0, 0.1) is 6.92 Å². The Hall–Kier alpha value is -2.17. The number of ketones is 1. The number of anilines is 1. The Bertz CT molecular complexity index is 788. The molecule has 1 amide bonds. The summed E-state index contributed by atoms with van der Waals surface area (Å²) < 4.78 is 0. The lowest BCUT2D eigenvalue weighted by atomic mass is 10.1. The third-order valence-corrected chi connectivity index (χ3v) is 4.35. The van der Waals surface area contributed by atoms with E-state index >= 15 is 0 Å². The van der Waals surface area contributed by atoms with E-state index in [0.29, 0.717) is 22.9 Å². The van der Waals surface area contributed by atoms with Crippen LogP contribution in [0.3, 0.4) is 0 Å². The number of quaternary nitrogens is 1. The van der Waals surface area contributed by atoms with E-state index in [1.54, 1.807) is 23.1 Å². The second kappa shape index (κ2) is 6.14. The van der Waals surface area contributed by atoms with Crippen LogP contribution in [0.2, 0.25) is 5.02 Å². The Morgan fingerprint density at radius 2 is 1.87 bits per heavy atom. The van der Waals surface area contributed by atoms with Gasteiger partial charge in [0, 0.05) is 10.6 Å². The smallest absolute Gasteiger partial charge is 0.303 e. The lowest BCUT2D eigenvalue weighted by Crippen LogP contribution is -3.09. The number of nitrogens with zero attached hydrogens (tertiary/aromatic N) is 1. The van der Waals surface area contributed by atoms with Crippen molar-refractivity contribution in [3.05, 3.63) is 64.2 Å². The van der Waals surface area contributed by atoms with Crippen LogP contribution in [0.1, 0.15) is 21.5 Å². The molecule has 1 N–H and O–H groups in total. The maximum atomic E-state index is 12.2. The monoisotopic (exact) mass is 329 g/mol. The summed E-state index contributed by atoms with van der Waals surface area (Å²) in [6.07, 6.45) is 0. The zero-order valence-electron chi connectivity index (χ0n) is 13.1. The maximum absolute atomic E-state index is 12.2. The number of Topliss-reactive ketones (excluding diaryl/α,β-unsaturated/α-hetero) is 1. The standard InChI is InChI=1S/C18H17ClN2O2/c1-12-5-3-4-6-13(12)10-20(2)11-21-16-8-7-14(19)9-15(16)17(22)18(21)23/h3-9H,10-11H2,1-2H3/p+1. The highest BCUT2D eigenvalue weighted by atomic mass is 35.5. The van der Waals surface area contributed by atoms with Crippen LogP contribution in [-0.2, 0) is 11.3 Å². The number of fused-ring (bicyclic) bond motifs is 1. The van der Waals surface area contributed by atoms with E-state index in [-0.39, 0.29) is 0 Å². The van der Waals surface area contributed by atoms with E-state index in [4.69, 9.17) is 11.6 Å². The predicted molar refractivity (Wildman–Crippen MR) is 89.9 cm³/mol. The molecule has 0 saturated carbocycles. The average molecular weight is 330 g/mol. The van der Waals surface area contributed by atoms with E-state index in [9.17, 15) is 9.59 Å². The maximum Gasteiger partial charge on any atom is 0.303 e. The number of rotatable bonds is 4. The van der Waals surface area contributed by atoms with Gasteiger partial charge in [0.2, 0.25) is 0 Å². The van der Waals surface area contributed by atoms with E-state index < -0.39 is 11.7 Å². The van der Waals surface area contributed by atoms with Crippen molar-refractivity contribution < 1.29 is 14.5 Å². The molecule has 5 heteroatoms. The fourth-order valence-electron chi connectivity index (χ4n) is 2.89. The van der Waals surface area contributed by atoms with Gasteiger partial charge >= 0.3 is 5.91 Å². The van der Waals surface area contributed by atoms with E-state index in [0.717, 1.165) is 11.4 Å². The molecular weight excluding hydrogens is 312 g/mol. The third-order valence-electron chi connectivity index (χ3n) is 4.11. The summed E-state index contributed by atoms with van der Waals surface area (Å²) in [5, 5.41) is 0.465. The fourth-order valence-corrected chi connectivity index (χ4v) is 3.06. The summed E-state index contributed by atoms with van der Waals surface area (Å²) >= 11 is 5.93. The minimum Gasteiger partial charge on any atom is -0.316 e. The van der Waals surface area contributed by atoms with Gasteiger partial charge in [-0.1, -0.05) is 35.9 Å². The number of hydrogen-bond donors (Lipinski definition) is 1. The molecule has 0 fully saturated rings. The van der Waals surface area contributed by atoms with Gasteiger partial charge in [-0.2, -0.15) is 0 Å². The first-order valence-electron chi connectivity index (χ1n) is 7.49. The van der Waals surface area contributed by atoms with Crippen LogP contribution in [0.15, 0.2) is 42.5 Å². The molecule has 1 heterocycles.